The van der Waals surface area contributed by atoms with Gasteiger partial charge in [0.2, 0.25) is 5.43 Å². The van der Waals surface area contributed by atoms with E-state index < -0.39 is 28.6 Å². The van der Waals surface area contributed by atoms with Crippen LogP contribution in [0.25, 0.3) is 10.9 Å². The summed E-state index contributed by atoms with van der Waals surface area (Å²) in [5, 5.41) is 12.1. The van der Waals surface area contributed by atoms with Crippen LogP contribution in [0.1, 0.15) is 45.9 Å². The van der Waals surface area contributed by atoms with Crippen molar-refractivity contribution in [1.82, 2.24) is 4.57 Å². The molecule has 0 atom stereocenters. The van der Waals surface area contributed by atoms with E-state index in [-0.39, 0.29) is 41.5 Å². The first-order valence-electron chi connectivity index (χ1n) is 9.38. The van der Waals surface area contributed by atoms with Crippen LogP contribution in [-0.2, 0) is 6.54 Å². The third kappa shape index (κ3) is 3.77. The molecule has 1 fully saturated rings. The highest BCUT2D eigenvalue weighted by Crippen LogP contribution is 2.38. The van der Waals surface area contributed by atoms with Gasteiger partial charge in [0.05, 0.1) is 10.9 Å². The maximum atomic E-state index is 15.4. The molecule has 158 valence electrons. The van der Waals surface area contributed by atoms with Crippen molar-refractivity contribution in [1.29, 1.82) is 0 Å². The maximum Gasteiger partial charge on any atom is 0.341 e. The van der Waals surface area contributed by atoms with E-state index in [1.807, 2.05) is 32.0 Å². The minimum atomic E-state index is -1.41. The normalized spacial score (nSPS) is 13.2. The first kappa shape index (κ1) is 21.8. The average Bonchev–Trinajstić information content (AvgIpc) is 3.50. The number of pyridine rings is 1. The van der Waals surface area contributed by atoms with Crippen LogP contribution in [0.15, 0.2) is 35.3 Å². The van der Waals surface area contributed by atoms with Gasteiger partial charge in [-0.05, 0) is 56.0 Å². The molecule has 1 aliphatic carbocycles. The van der Waals surface area contributed by atoms with Gasteiger partial charge in [-0.15, -0.1) is 12.4 Å². The largest absolute Gasteiger partial charge is 0.477 e. The summed E-state index contributed by atoms with van der Waals surface area (Å²) in [5.74, 6) is -3.13. The molecule has 0 amide bonds. The van der Waals surface area contributed by atoms with Gasteiger partial charge in [-0.3, -0.25) is 4.79 Å². The molecule has 0 aliphatic heterocycles. The van der Waals surface area contributed by atoms with E-state index in [2.05, 4.69) is 5.32 Å². The van der Waals surface area contributed by atoms with Gasteiger partial charge >= 0.3 is 5.97 Å². The number of hydrogen-bond acceptors (Lipinski definition) is 3. The predicted octanol–water partition coefficient (Wildman–Crippen LogP) is 4.96. The minimum absolute atomic E-state index is 0. The number of hydrogen-bond donors (Lipinski definition) is 2. The van der Waals surface area contributed by atoms with E-state index in [9.17, 15) is 19.1 Å². The molecule has 1 saturated carbocycles. The first-order chi connectivity index (χ1) is 13.8. The summed E-state index contributed by atoms with van der Waals surface area (Å²) in [6, 6.07) is 6.51. The zero-order valence-corrected chi connectivity index (χ0v) is 17.3. The molecule has 0 spiro atoms. The van der Waals surface area contributed by atoms with Gasteiger partial charge in [-0.2, -0.15) is 0 Å². The fourth-order valence-corrected chi connectivity index (χ4v) is 3.48. The number of carbonyl (C=O) groups is 1. The van der Waals surface area contributed by atoms with Gasteiger partial charge in [0.15, 0.2) is 5.82 Å². The predicted molar refractivity (Wildman–Crippen MR) is 114 cm³/mol. The van der Waals surface area contributed by atoms with Crippen LogP contribution in [-0.4, -0.2) is 15.6 Å². The second kappa shape index (κ2) is 8.07. The van der Waals surface area contributed by atoms with Crippen LogP contribution < -0.4 is 10.7 Å². The monoisotopic (exact) mass is 434 g/mol. The number of aromatic nitrogens is 1. The molecule has 1 heterocycles. The van der Waals surface area contributed by atoms with E-state index in [0.29, 0.717) is 0 Å². The standard InChI is InChI=1S/C22H20F2N2O3.ClH/c1-11-3-4-13(7-12(11)2)25-9-16-18(23)8-15-20(19(16)24)26(14-5-6-14)10-17(21(15)27)22(28)29;/h3-4,7-8,10,14,25H,5-6,9H2,1-2H3,(H,28,29);1H. The number of anilines is 1. The Kier molecular flexibility index (Phi) is 5.85. The topological polar surface area (TPSA) is 71.3 Å². The van der Waals surface area contributed by atoms with Crippen molar-refractivity contribution in [3.63, 3.8) is 0 Å². The fraction of sp³-hybridized carbons (Fsp3) is 0.273. The third-order valence-corrected chi connectivity index (χ3v) is 5.45. The second-order valence-electron chi connectivity index (χ2n) is 7.52. The Morgan fingerprint density at radius 2 is 1.90 bits per heavy atom. The molecule has 0 bridgehead atoms. The molecule has 5 nitrogen and oxygen atoms in total. The zero-order chi connectivity index (χ0) is 20.9. The summed E-state index contributed by atoms with van der Waals surface area (Å²) in [4.78, 5) is 23.9. The molecule has 8 heteroatoms. The smallest absolute Gasteiger partial charge is 0.341 e. The van der Waals surface area contributed by atoms with Gasteiger partial charge in [-0.25, -0.2) is 13.6 Å². The van der Waals surface area contributed by atoms with Crippen LogP contribution in [0.4, 0.5) is 14.5 Å². The Bertz CT molecular complexity index is 1220. The van der Waals surface area contributed by atoms with E-state index in [1.54, 1.807) is 0 Å². The number of nitrogens with one attached hydrogen (secondary N) is 1. The molecule has 4 rings (SSSR count). The molecule has 0 radical (unpaired) electrons. The lowest BCUT2D eigenvalue weighted by atomic mass is 10.1. The molecule has 3 aromatic rings. The number of carboxylic acid groups (broad SMARTS) is 1. The fourth-order valence-electron chi connectivity index (χ4n) is 3.48. The molecule has 0 unspecified atom stereocenters. The Hall–Kier alpha value is -2.93. The van der Waals surface area contributed by atoms with Gasteiger partial charge in [-0.1, -0.05) is 6.07 Å². The number of nitrogens with zero attached hydrogens (tertiary/aromatic N) is 1. The lowest BCUT2D eigenvalue weighted by Gasteiger charge is -2.16. The maximum absolute atomic E-state index is 15.4. The van der Waals surface area contributed by atoms with Crippen LogP contribution in [0.5, 0.6) is 0 Å². The van der Waals surface area contributed by atoms with Crippen molar-refractivity contribution in [2.75, 3.05) is 5.32 Å². The summed E-state index contributed by atoms with van der Waals surface area (Å²) < 4.78 is 31.5. The molecular weight excluding hydrogens is 414 g/mol. The first-order valence-corrected chi connectivity index (χ1v) is 9.38. The molecular formula is C22H21ClF2N2O3. The number of halogens is 3. The van der Waals surface area contributed by atoms with E-state index in [1.165, 1.54) is 10.8 Å². The molecule has 0 saturated heterocycles. The highest BCUT2D eigenvalue weighted by atomic mass is 35.5. The summed E-state index contributed by atoms with van der Waals surface area (Å²) in [5.41, 5.74) is 1.31. The number of fused-ring (bicyclic) bond motifs is 1. The van der Waals surface area contributed by atoms with Crippen molar-refractivity contribution >= 4 is 35.0 Å². The second-order valence-corrected chi connectivity index (χ2v) is 7.52. The average molecular weight is 435 g/mol. The molecule has 2 N–H and O–H groups in total. The lowest BCUT2D eigenvalue weighted by Crippen LogP contribution is -2.20. The van der Waals surface area contributed by atoms with Gasteiger partial charge in [0.1, 0.15) is 11.4 Å². The minimum Gasteiger partial charge on any atom is -0.477 e. The van der Waals surface area contributed by atoms with Crippen LogP contribution >= 0.6 is 12.4 Å². The summed E-state index contributed by atoms with van der Waals surface area (Å²) >= 11 is 0. The number of aromatic carboxylic acids is 1. The summed E-state index contributed by atoms with van der Waals surface area (Å²) in [6.07, 6.45) is 2.68. The van der Waals surface area contributed by atoms with Crippen molar-refractivity contribution in [2.45, 2.75) is 39.3 Å². The Morgan fingerprint density at radius 1 is 1.20 bits per heavy atom. The number of carboxylic acids is 1. The SMILES string of the molecule is Cc1ccc(NCc2c(F)cc3c(=O)c(C(=O)O)cn(C4CC4)c3c2F)cc1C.Cl. The van der Waals surface area contributed by atoms with Crippen LogP contribution in [0.2, 0.25) is 0 Å². The Balaban J connectivity index is 0.00000256. The zero-order valence-electron chi connectivity index (χ0n) is 16.5. The van der Waals surface area contributed by atoms with Crippen LogP contribution in [0, 0.1) is 25.5 Å². The molecule has 1 aromatic heterocycles. The third-order valence-electron chi connectivity index (χ3n) is 5.45. The van der Waals surface area contributed by atoms with Crippen LogP contribution in [0.3, 0.4) is 0 Å². The summed E-state index contributed by atoms with van der Waals surface area (Å²) in [6.45, 7) is 3.83. The number of rotatable bonds is 5. The van der Waals surface area contributed by atoms with Gasteiger partial charge < -0.3 is 15.0 Å². The summed E-state index contributed by atoms with van der Waals surface area (Å²) in [7, 11) is 0. The molecule has 2 aromatic carbocycles. The quantitative estimate of drug-likeness (QED) is 0.595. The van der Waals surface area contributed by atoms with Crippen molar-refractivity contribution in [3.05, 3.63) is 74.6 Å². The van der Waals surface area contributed by atoms with E-state index in [4.69, 9.17) is 0 Å². The lowest BCUT2D eigenvalue weighted by molar-refractivity contribution is 0.0694. The van der Waals surface area contributed by atoms with Crippen molar-refractivity contribution in [3.8, 4) is 0 Å². The van der Waals surface area contributed by atoms with Crippen molar-refractivity contribution in [2.24, 2.45) is 0 Å². The van der Waals surface area contributed by atoms with Gasteiger partial charge in [0, 0.05) is 30.0 Å². The van der Waals surface area contributed by atoms with E-state index in [0.717, 1.165) is 35.7 Å². The van der Waals surface area contributed by atoms with Gasteiger partial charge in [0.25, 0.3) is 0 Å². The highest BCUT2D eigenvalue weighted by Gasteiger charge is 2.29. The Labute approximate surface area is 177 Å². The van der Waals surface area contributed by atoms with E-state index >= 15 is 4.39 Å². The number of aryl methyl sites for hydroxylation is 2. The molecule has 30 heavy (non-hydrogen) atoms. The van der Waals surface area contributed by atoms with Crippen molar-refractivity contribution < 1.29 is 18.7 Å². The Morgan fingerprint density at radius 3 is 2.50 bits per heavy atom. The number of benzene rings is 2. The highest BCUT2D eigenvalue weighted by molar-refractivity contribution is 5.93. The molecule has 1 aliphatic rings.